The maximum atomic E-state index is 12.6. The lowest BCUT2D eigenvalue weighted by Crippen LogP contribution is -2.31. The van der Waals surface area contributed by atoms with Crippen molar-refractivity contribution in [3.05, 3.63) is 49.6 Å². The van der Waals surface area contributed by atoms with Gasteiger partial charge in [-0.05, 0) is 37.1 Å². The highest BCUT2D eigenvalue weighted by Gasteiger charge is 2.23. The Bertz CT molecular complexity index is 695. The molecule has 1 N–H and O–H groups in total. The van der Waals surface area contributed by atoms with Crippen LogP contribution in [0.5, 0.6) is 0 Å². The van der Waals surface area contributed by atoms with Crippen LogP contribution < -0.4 is 5.32 Å². The number of carbonyl (C=O) groups is 1. The van der Waals surface area contributed by atoms with Crippen molar-refractivity contribution < 1.29 is 13.2 Å². The summed E-state index contributed by atoms with van der Waals surface area (Å²) in [6.07, 6.45) is 8.32. The summed E-state index contributed by atoms with van der Waals surface area (Å²) in [6, 6.07) is 6.30. The molecule has 1 fully saturated rings. The van der Waals surface area contributed by atoms with Crippen LogP contribution in [0.3, 0.4) is 0 Å². The van der Waals surface area contributed by atoms with Crippen LogP contribution in [0, 0.1) is 5.92 Å². The first-order valence-electron chi connectivity index (χ1n) is 8.62. The number of nitrogens with one attached hydrogen (secondary N) is 1. The van der Waals surface area contributed by atoms with Gasteiger partial charge in [-0.25, -0.2) is 8.42 Å². The molecule has 0 aromatic heterocycles. The Kier molecular flexibility index (Phi) is 6.96. The van der Waals surface area contributed by atoms with Crippen molar-refractivity contribution >= 4 is 21.6 Å². The monoisotopic (exact) mass is 362 g/mol. The average Bonchev–Trinajstić information content (AvgIpc) is 2.62. The molecule has 25 heavy (non-hydrogen) atoms. The maximum Gasteiger partial charge on any atom is 0.243 e. The Morgan fingerprint density at radius 3 is 2.16 bits per heavy atom. The lowest BCUT2D eigenvalue weighted by Gasteiger charge is -2.21. The van der Waals surface area contributed by atoms with Crippen molar-refractivity contribution in [2.24, 2.45) is 5.92 Å². The molecular weight excluding hydrogens is 336 g/mol. The molecule has 6 heteroatoms. The van der Waals surface area contributed by atoms with Crippen LogP contribution in [0.4, 0.5) is 5.69 Å². The van der Waals surface area contributed by atoms with Crippen molar-refractivity contribution in [3.63, 3.8) is 0 Å². The Morgan fingerprint density at radius 1 is 1.08 bits per heavy atom. The van der Waals surface area contributed by atoms with Crippen LogP contribution >= 0.6 is 0 Å². The maximum absolute atomic E-state index is 12.6. The molecule has 1 saturated carbocycles. The molecule has 1 amide bonds. The number of sulfonamides is 1. The zero-order valence-corrected chi connectivity index (χ0v) is 15.3. The highest BCUT2D eigenvalue weighted by molar-refractivity contribution is 7.89. The molecule has 5 nitrogen and oxygen atoms in total. The summed E-state index contributed by atoms with van der Waals surface area (Å²) in [7, 11) is -3.61. The van der Waals surface area contributed by atoms with Gasteiger partial charge in [-0.1, -0.05) is 31.4 Å². The van der Waals surface area contributed by atoms with Crippen molar-refractivity contribution in [2.45, 2.75) is 37.0 Å². The largest absolute Gasteiger partial charge is 0.326 e. The van der Waals surface area contributed by atoms with Crippen molar-refractivity contribution in [1.82, 2.24) is 4.31 Å². The lowest BCUT2D eigenvalue weighted by molar-refractivity contribution is -0.120. The quantitative estimate of drug-likeness (QED) is 0.719. The minimum absolute atomic E-state index is 0.0234. The van der Waals surface area contributed by atoms with E-state index in [0.29, 0.717) is 5.69 Å². The molecular formula is C19H26N2O3S. The van der Waals surface area contributed by atoms with E-state index in [1.54, 1.807) is 24.3 Å². The van der Waals surface area contributed by atoms with Gasteiger partial charge in [0, 0.05) is 24.7 Å². The van der Waals surface area contributed by atoms with E-state index in [0.717, 1.165) is 25.7 Å². The van der Waals surface area contributed by atoms with E-state index in [1.165, 1.54) is 22.9 Å². The molecule has 136 valence electrons. The van der Waals surface area contributed by atoms with Crippen LogP contribution in [0.15, 0.2) is 54.5 Å². The first kappa shape index (κ1) is 19.4. The Labute approximate surface area is 150 Å². The van der Waals surface area contributed by atoms with E-state index in [4.69, 9.17) is 0 Å². The predicted molar refractivity (Wildman–Crippen MR) is 101 cm³/mol. The van der Waals surface area contributed by atoms with Crippen LogP contribution in [-0.2, 0) is 14.8 Å². The van der Waals surface area contributed by atoms with E-state index in [-0.39, 0.29) is 29.8 Å². The van der Waals surface area contributed by atoms with Crippen molar-refractivity contribution in [2.75, 3.05) is 18.4 Å². The van der Waals surface area contributed by atoms with Crippen LogP contribution in [0.2, 0.25) is 0 Å². The summed E-state index contributed by atoms with van der Waals surface area (Å²) in [5.74, 6) is 0.0862. The number of rotatable bonds is 8. The van der Waals surface area contributed by atoms with Crippen molar-refractivity contribution in [3.8, 4) is 0 Å². The lowest BCUT2D eigenvalue weighted by atomic mass is 9.88. The summed E-state index contributed by atoms with van der Waals surface area (Å²) < 4.78 is 26.6. The molecule has 0 bridgehead atoms. The highest BCUT2D eigenvalue weighted by Crippen LogP contribution is 2.25. The number of hydrogen-bond donors (Lipinski definition) is 1. The number of carbonyl (C=O) groups excluding carboxylic acids is 1. The van der Waals surface area contributed by atoms with Gasteiger partial charge in [0.1, 0.15) is 0 Å². The molecule has 0 radical (unpaired) electrons. The van der Waals surface area contributed by atoms with E-state index in [9.17, 15) is 13.2 Å². The van der Waals surface area contributed by atoms with Gasteiger partial charge in [0.15, 0.2) is 0 Å². The summed E-state index contributed by atoms with van der Waals surface area (Å²) >= 11 is 0. The molecule has 1 aromatic rings. The number of anilines is 1. The molecule has 1 aromatic carbocycles. The van der Waals surface area contributed by atoms with Crippen LogP contribution in [0.25, 0.3) is 0 Å². The van der Waals surface area contributed by atoms with Crippen molar-refractivity contribution in [1.29, 1.82) is 0 Å². The smallest absolute Gasteiger partial charge is 0.243 e. The van der Waals surface area contributed by atoms with Gasteiger partial charge >= 0.3 is 0 Å². The van der Waals surface area contributed by atoms with Crippen LogP contribution in [-0.4, -0.2) is 31.7 Å². The molecule has 0 spiro atoms. The Morgan fingerprint density at radius 2 is 1.64 bits per heavy atom. The fourth-order valence-electron chi connectivity index (χ4n) is 3.03. The molecule has 1 aliphatic rings. The number of hydrogen-bond acceptors (Lipinski definition) is 3. The minimum atomic E-state index is -3.61. The fourth-order valence-corrected chi connectivity index (χ4v) is 4.41. The molecule has 1 aliphatic carbocycles. The van der Waals surface area contributed by atoms with Gasteiger partial charge in [0.25, 0.3) is 0 Å². The molecule has 2 rings (SSSR count). The number of benzene rings is 1. The fraction of sp³-hybridized carbons (Fsp3) is 0.421. The third-order valence-electron chi connectivity index (χ3n) is 4.40. The van der Waals surface area contributed by atoms with Gasteiger partial charge in [0.2, 0.25) is 15.9 Å². The number of nitrogens with zero attached hydrogens (tertiary/aromatic N) is 1. The first-order valence-corrected chi connectivity index (χ1v) is 10.1. The summed E-state index contributed by atoms with van der Waals surface area (Å²) in [6.45, 7) is 7.62. The summed E-state index contributed by atoms with van der Waals surface area (Å²) in [5.41, 5.74) is 0.619. The zero-order valence-electron chi connectivity index (χ0n) is 14.5. The number of amides is 1. The van der Waals surface area contributed by atoms with E-state index in [2.05, 4.69) is 18.5 Å². The van der Waals surface area contributed by atoms with E-state index in [1.807, 2.05) is 0 Å². The second-order valence-electron chi connectivity index (χ2n) is 6.25. The van der Waals surface area contributed by atoms with Crippen LogP contribution in [0.1, 0.15) is 32.1 Å². The highest BCUT2D eigenvalue weighted by atomic mass is 32.2. The average molecular weight is 362 g/mol. The second-order valence-corrected chi connectivity index (χ2v) is 8.19. The summed E-state index contributed by atoms with van der Waals surface area (Å²) in [5, 5.41) is 2.89. The zero-order chi connectivity index (χ0) is 18.3. The Balaban J connectivity index is 2.08. The normalized spacial score (nSPS) is 15.7. The summed E-state index contributed by atoms with van der Waals surface area (Å²) in [4.78, 5) is 12.5. The first-order chi connectivity index (χ1) is 12.0. The third-order valence-corrected chi connectivity index (χ3v) is 6.25. The van der Waals surface area contributed by atoms with E-state index < -0.39 is 10.0 Å². The van der Waals surface area contributed by atoms with Gasteiger partial charge in [-0.15, -0.1) is 13.2 Å². The Hall–Kier alpha value is -1.92. The van der Waals surface area contributed by atoms with E-state index >= 15 is 0 Å². The third kappa shape index (κ3) is 5.03. The molecule has 0 atom stereocenters. The minimum Gasteiger partial charge on any atom is -0.326 e. The SMILES string of the molecule is C=CCN(CC=C)S(=O)(=O)c1ccc(NC(=O)C2CCCCC2)cc1. The van der Waals surface area contributed by atoms with Gasteiger partial charge < -0.3 is 5.32 Å². The molecule has 0 heterocycles. The molecule has 0 saturated heterocycles. The molecule has 0 aliphatic heterocycles. The standard InChI is InChI=1S/C19H26N2O3S/c1-3-14-21(15-4-2)25(23,24)18-12-10-17(11-13-18)20-19(22)16-8-6-5-7-9-16/h3-4,10-13,16H,1-2,5-9,14-15H2,(H,20,22). The van der Waals surface area contributed by atoms with Gasteiger partial charge in [-0.2, -0.15) is 4.31 Å². The predicted octanol–water partition coefficient (Wildman–Crippen LogP) is 3.57. The molecule has 0 unspecified atom stereocenters. The topological polar surface area (TPSA) is 66.5 Å². The second kappa shape index (κ2) is 8.97. The van der Waals surface area contributed by atoms with Gasteiger partial charge in [-0.3, -0.25) is 4.79 Å². The van der Waals surface area contributed by atoms with Gasteiger partial charge in [0.05, 0.1) is 4.90 Å².